The van der Waals surface area contributed by atoms with Crippen LogP contribution in [0.15, 0.2) is 24.3 Å². The summed E-state index contributed by atoms with van der Waals surface area (Å²) in [5, 5.41) is 9.30. The smallest absolute Gasteiger partial charge is 0.115 e. The number of phenolic OH excluding ortho intramolecular Hbond substituents is 1. The first-order valence-electron chi connectivity index (χ1n) is 6.82. The second kappa shape index (κ2) is 7.99. The highest BCUT2D eigenvalue weighted by Crippen LogP contribution is 2.19. The first kappa shape index (κ1) is 13.9. The summed E-state index contributed by atoms with van der Waals surface area (Å²) in [4.78, 5) is 2.41. The zero-order valence-electron chi connectivity index (χ0n) is 11.2. The van der Waals surface area contributed by atoms with Gasteiger partial charge in [-0.15, -0.1) is 0 Å². The molecule has 0 aromatic heterocycles. The van der Waals surface area contributed by atoms with Gasteiger partial charge in [0.05, 0.1) is 0 Å². The van der Waals surface area contributed by atoms with Crippen molar-refractivity contribution in [3.8, 4) is 5.75 Å². The molecule has 0 fully saturated rings. The monoisotopic (exact) mass is 235 g/mol. The zero-order chi connectivity index (χ0) is 12.5. The SMILES string of the molecule is CCCCCCN(CCC)c1ccc(O)cc1. The first-order chi connectivity index (χ1) is 8.27. The summed E-state index contributed by atoms with van der Waals surface area (Å²) in [6.45, 7) is 6.67. The molecule has 0 aliphatic heterocycles. The van der Waals surface area contributed by atoms with Crippen LogP contribution < -0.4 is 4.90 Å². The van der Waals surface area contributed by atoms with Crippen LogP contribution >= 0.6 is 0 Å². The van der Waals surface area contributed by atoms with E-state index < -0.39 is 0 Å². The molecule has 1 aromatic rings. The predicted octanol–water partition coefficient (Wildman–Crippen LogP) is 4.19. The van der Waals surface area contributed by atoms with E-state index in [0.717, 1.165) is 19.5 Å². The lowest BCUT2D eigenvalue weighted by molar-refractivity contribution is 0.475. The second-order valence-electron chi connectivity index (χ2n) is 4.56. The summed E-state index contributed by atoms with van der Waals surface area (Å²) < 4.78 is 0. The maximum atomic E-state index is 9.30. The Morgan fingerprint density at radius 3 is 2.18 bits per heavy atom. The highest BCUT2D eigenvalue weighted by Gasteiger charge is 2.04. The predicted molar refractivity (Wildman–Crippen MR) is 74.8 cm³/mol. The van der Waals surface area contributed by atoms with Crippen molar-refractivity contribution in [1.82, 2.24) is 0 Å². The van der Waals surface area contributed by atoms with E-state index in [1.54, 1.807) is 12.1 Å². The highest BCUT2D eigenvalue weighted by molar-refractivity contribution is 5.48. The van der Waals surface area contributed by atoms with Gasteiger partial charge in [-0.1, -0.05) is 33.1 Å². The van der Waals surface area contributed by atoms with Gasteiger partial charge < -0.3 is 10.0 Å². The van der Waals surface area contributed by atoms with Crippen molar-refractivity contribution in [2.45, 2.75) is 46.0 Å². The average Bonchev–Trinajstić information content (AvgIpc) is 2.34. The van der Waals surface area contributed by atoms with E-state index in [9.17, 15) is 5.11 Å². The van der Waals surface area contributed by atoms with Crippen LogP contribution in [0.5, 0.6) is 5.75 Å². The molecular formula is C15H25NO. The fraction of sp³-hybridized carbons (Fsp3) is 0.600. The van der Waals surface area contributed by atoms with E-state index in [4.69, 9.17) is 0 Å². The highest BCUT2D eigenvalue weighted by atomic mass is 16.3. The van der Waals surface area contributed by atoms with Crippen molar-refractivity contribution in [2.24, 2.45) is 0 Å². The van der Waals surface area contributed by atoms with E-state index in [-0.39, 0.29) is 0 Å². The van der Waals surface area contributed by atoms with Gasteiger partial charge in [0.15, 0.2) is 0 Å². The van der Waals surface area contributed by atoms with Gasteiger partial charge in [0.1, 0.15) is 5.75 Å². The third-order valence-electron chi connectivity index (χ3n) is 2.99. The quantitative estimate of drug-likeness (QED) is 0.683. The Morgan fingerprint density at radius 1 is 0.882 bits per heavy atom. The molecule has 1 N–H and O–H groups in total. The van der Waals surface area contributed by atoms with Crippen LogP contribution in [0.3, 0.4) is 0 Å². The van der Waals surface area contributed by atoms with E-state index in [0.29, 0.717) is 5.75 Å². The van der Waals surface area contributed by atoms with Gasteiger partial charge in [-0.25, -0.2) is 0 Å². The van der Waals surface area contributed by atoms with Gasteiger partial charge in [0, 0.05) is 18.8 Å². The molecule has 0 radical (unpaired) electrons. The summed E-state index contributed by atoms with van der Waals surface area (Å²) in [7, 11) is 0. The molecule has 2 heteroatoms. The van der Waals surface area contributed by atoms with Gasteiger partial charge in [-0.05, 0) is 37.1 Å². The summed E-state index contributed by atoms with van der Waals surface area (Å²) in [5.41, 5.74) is 1.22. The van der Waals surface area contributed by atoms with Gasteiger partial charge in [0.2, 0.25) is 0 Å². The summed E-state index contributed by atoms with van der Waals surface area (Å²) in [6, 6.07) is 7.55. The van der Waals surface area contributed by atoms with Gasteiger partial charge in [-0.3, -0.25) is 0 Å². The van der Waals surface area contributed by atoms with Crippen molar-refractivity contribution in [1.29, 1.82) is 0 Å². The maximum Gasteiger partial charge on any atom is 0.115 e. The number of anilines is 1. The number of nitrogens with zero attached hydrogens (tertiary/aromatic N) is 1. The van der Waals surface area contributed by atoms with Gasteiger partial charge >= 0.3 is 0 Å². The van der Waals surface area contributed by atoms with Crippen molar-refractivity contribution >= 4 is 5.69 Å². The molecule has 0 bridgehead atoms. The molecule has 0 unspecified atom stereocenters. The second-order valence-corrected chi connectivity index (χ2v) is 4.56. The molecule has 0 heterocycles. The van der Waals surface area contributed by atoms with Crippen LogP contribution in [0, 0.1) is 0 Å². The summed E-state index contributed by atoms with van der Waals surface area (Å²) >= 11 is 0. The Kier molecular flexibility index (Phi) is 6.53. The Bertz CT molecular complexity index is 294. The number of aromatic hydroxyl groups is 1. The fourth-order valence-corrected chi connectivity index (χ4v) is 2.03. The first-order valence-corrected chi connectivity index (χ1v) is 6.82. The number of hydrogen-bond donors (Lipinski definition) is 1. The Morgan fingerprint density at radius 2 is 1.59 bits per heavy atom. The average molecular weight is 235 g/mol. The van der Waals surface area contributed by atoms with E-state index in [1.807, 2.05) is 12.1 Å². The molecule has 1 rings (SSSR count). The third-order valence-corrected chi connectivity index (χ3v) is 2.99. The largest absolute Gasteiger partial charge is 0.508 e. The van der Waals surface area contributed by atoms with Crippen LogP contribution in [-0.4, -0.2) is 18.2 Å². The van der Waals surface area contributed by atoms with Crippen LogP contribution in [0.2, 0.25) is 0 Å². The summed E-state index contributed by atoms with van der Waals surface area (Å²) in [5.74, 6) is 0.344. The van der Waals surface area contributed by atoms with Crippen LogP contribution in [0.25, 0.3) is 0 Å². The van der Waals surface area contributed by atoms with E-state index in [1.165, 1.54) is 31.4 Å². The molecule has 17 heavy (non-hydrogen) atoms. The van der Waals surface area contributed by atoms with E-state index >= 15 is 0 Å². The standard InChI is InChI=1S/C15H25NO/c1-3-5-6-7-13-16(12-4-2)14-8-10-15(17)11-9-14/h8-11,17H,3-7,12-13H2,1-2H3. The van der Waals surface area contributed by atoms with Crippen LogP contribution in [0.1, 0.15) is 46.0 Å². The normalized spacial score (nSPS) is 10.5. The van der Waals surface area contributed by atoms with Crippen molar-refractivity contribution in [3.05, 3.63) is 24.3 Å². The number of hydrogen-bond acceptors (Lipinski definition) is 2. The molecule has 0 atom stereocenters. The minimum absolute atomic E-state index is 0.344. The lowest BCUT2D eigenvalue weighted by Gasteiger charge is -2.24. The third kappa shape index (κ3) is 5.12. The molecule has 0 amide bonds. The Balaban J connectivity index is 2.49. The van der Waals surface area contributed by atoms with Crippen molar-refractivity contribution in [2.75, 3.05) is 18.0 Å². The number of benzene rings is 1. The number of rotatable bonds is 8. The lowest BCUT2D eigenvalue weighted by atomic mass is 10.2. The molecule has 96 valence electrons. The summed E-state index contributed by atoms with van der Waals surface area (Å²) in [6.07, 6.45) is 6.35. The Hall–Kier alpha value is -1.18. The fourth-order valence-electron chi connectivity index (χ4n) is 2.03. The zero-order valence-corrected chi connectivity index (χ0v) is 11.2. The maximum absolute atomic E-state index is 9.30. The topological polar surface area (TPSA) is 23.5 Å². The molecular weight excluding hydrogens is 210 g/mol. The molecule has 0 saturated heterocycles. The molecule has 0 spiro atoms. The van der Waals surface area contributed by atoms with E-state index in [2.05, 4.69) is 18.7 Å². The minimum atomic E-state index is 0.344. The molecule has 0 aliphatic carbocycles. The van der Waals surface area contributed by atoms with Crippen molar-refractivity contribution < 1.29 is 5.11 Å². The van der Waals surface area contributed by atoms with Crippen molar-refractivity contribution in [3.63, 3.8) is 0 Å². The molecule has 2 nitrogen and oxygen atoms in total. The Labute approximate surface area is 105 Å². The molecule has 1 aromatic carbocycles. The van der Waals surface area contributed by atoms with Crippen LogP contribution in [-0.2, 0) is 0 Å². The van der Waals surface area contributed by atoms with Gasteiger partial charge in [-0.2, -0.15) is 0 Å². The molecule has 0 aliphatic rings. The lowest BCUT2D eigenvalue weighted by Crippen LogP contribution is -2.25. The minimum Gasteiger partial charge on any atom is -0.508 e. The van der Waals surface area contributed by atoms with Gasteiger partial charge in [0.25, 0.3) is 0 Å². The van der Waals surface area contributed by atoms with Crippen LogP contribution in [0.4, 0.5) is 5.69 Å². The number of phenols is 1. The molecule has 0 saturated carbocycles. The number of unbranched alkanes of at least 4 members (excludes halogenated alkanes) is 3.